The summed E-state index contributed by atoms with van der Waals surface area (Å²) in [6.45, 7) is 3.56. The van der Waals surface area contributed by atoms with Gasteiger partial charge in [-0.25, -0.2) is 0 Å². The number of pyridine rings is 3. The molecule has 4 aromatic rings. The Hall–Kier alpha value is -3.07. The van der Waals surface area contributed by atoms with Crippen LogP contribution in [0, 0.1) is 12.3 Å². The first-order chi connectivity index (χ1) is 15.9. The molecule has 0 saturated heterocycles. The zero-order valence-electron chi connectivity index (χ0n) is 18.0. The van der Waals surface area contributed by atoms with E-state index in [1.54, 1.807) is 38.1 Å². The molecular weight excluding hydrogens is 655 g/mol. The minimum Gasteiger partial charge on any atom is -0.343 e. The molecule has 0 N–H and O–H groups in total. The van der Waals surface area contributed by atoms with Crippen molar-refractivity contribution in [1.82, 2.24) is 24.7 Å². The van der Waals surface area contributed by atoms with Crippen molar-refractivity contribution >= 4 is 0 Å². The summed E-state index contributed by atoms with van der Waals surface area (Å²) in [5.74, 6) is 0.116. The number of nitrogens with zero attached hydrogens (tertiary/aromatic N) is 5. The minimum atomic E-state index is -4.61. The zero-order valence-corrected chi connectivity index (χ0v) is 20.3. The fourth-order valence-electron chi connectivity index (χ4n) is 3.16. The third-order valence-corrected chi connectivity index (χ3v) is 5.03. The van der Waals surface area contributed by atoms with Gasteiger partial charge in [0.15, 0.2) is 0 Å². The van der Waals surface area contributed by atoms with Crippen LogP contribution in [0.25, 0.3) is 17.2 Å². The van der Waals surface area contributed by atoms with Gasteiger partial charge >= 0.3 is 33.4 Å². The number of aromatic nitrogens is 5. The van der Waals surface area contributed by atoms with Crippen molar-refractivity contribution in [2.45, 2.75) is 31.6 Å². The van der Waals surface area contributed by atoms with E-state index in [1.165, 1.54) is 12.1 Å². The minimum absolute atomic E-state index is 0. The summed E-state index contributed by atoms with van der Waals surface area (Å²) < 4.78 is 78.7. The fraction of sp³-hybridized carbons (Fsp3) is 0.217. The third-order valence-electron chi connectivity index (χ3n) is 5.03. The third kappa shape index (κ3) is 5.61. The molecule has 0 aliphatic carbocycles. The number of alkyl halides is 6. The number of hydrogen-bond donors (Lipinski definition) is 0. The van der Waals surface area contributed by atoms with Gasteiger partial charge in [-0.15, -0.1) is 12.1 Å². The van der Waals surface area contributed by atoms with Gasteiger partial charge in [-0.3, -0.25) is 15.1 Å². The first-order valence-corrected chi connectivity index (χ1v) is 9.82. The Balaban J connectivity index is 0.00000342. The van der Waals surface area contributed by atoms with Crippen molar-refractivity contribution in [2.24, 2.45) is 0 Å². The second kappa shape index (κ2) is 9.53. The maximum atomic E-state index is 13.0. The Labute approximate surface area is 210 Å². The van der Waals surface area contributed by atoms with Crippen molar-refractivity contribution in [3.8, 4) is 17.2 Å². The normalized spacial score (nSPS) is 12.3. The molecule has 0 saturated carbocycles. The Kier molecular flexibility index (Phi) is 7.22. The van der Waals surface area contributed by atoms with E-state index in [0.29, 0.717) is 11.4 Å². The first kappa shape index (κ1) is 26.5. The molecule has 0 spiro atoms. The number of halogens is 6. The molecule has 0 fully saturated rings. The van der Waals surface area contributed by atoms with Gasteiger partial charge in [0, 0.05) is 16.8 Å². The fourth-order valence-corrected chi connectivity index (χ4v) is 3.16. The van der Waals surface area contributed by atoms with Gasteiger partial charge in [0.1, 0.15) is 0 Å². The smallest absolute Gasteiger partial charge is 0.343 e. The molecule has 184 valence electrons. The van der Waals surface area contributed by atoms with E-state index in [2.05, 4.69) is 32.3 Å². The molecule has 0 aromatic carbocycles. The summed E-state index contributed by atoms with van der Waals surface area (Å²) >= 11 is 0. The summed E-state index contributed by atoms with van der Waals surface area (Å²) in [5.41, 5.74) is -2.00. The Bertz CT molecular complexity index is 1330. The average molecular weight is 670 g/mol. The van der Waals surface area contributed by atoms with Crippen molar-refractivity contribution < 1.29 is 47.4 Å². The topological polar surface area (TPSA) is 56.5 Å². The quantitative estimate of drug-likeness (QED) is 0.207. The summed E-state index contributed by atoms with van der Waals surface area (Å²) in [6.07, 6.45) is -6.83. The van der Waals surface area contributed by atoms with Gasteiger partial charge in [-0.05, 0) is 37.4 Å². The van der Waals surface area contributed by atoms with Crippen LogP contribution in [-0.2, 0) is 38.8 Å². The van der Waals surface area contributed by atoms with Crippen LogP contribution in [-0.4, -0.2) is 24.7 Å². The molecule has 12 heteroatoms. The molecule has 0 bridgehead atoms. The second-order valence-corrected chi connectivity index (χ2v) is 7.80. The molecular formula is C23H15F6N5Pt. The van der Waals surface area contributed by atoms with E-state index >= 15 is 0 Å². The Morgan fingerprint density at radius 1 is 0.743 bits per heavy atom. The van der Waals surface area contributed by atoms with Gasteiger partial charge in [0.2, 0.25) is 0 Å². The monoisotopic (exact) mass is 670 g/mol. The van der Waals surface area contributed by atoms with Gasteiger partial charge in [-0.1, -0.05) is 30.5 Å². The van der Waals surface area contributed by atoms with Crippen molar-refractivity contribution in [3.05, 3.63) is 89.6 Å². The molecule has 5 nitrogen and oxygen atoms in total. The molecule has 0 aliphatic heterocycles. The summed E-state index contributed by atoms with van der Waals surface area (Å²) in [4.78, 5) is 12.5. The predicted molar refractivity (Wildman–Crippen MR) is 109 cm³/mol. The van der Waals surface area contributed by atoms with E-state index in [1.807, 2.05) is 0 Å². The van der Waals surface area contributed by atoms with E-state index in [4.69, 9.17) is 0 Å². The molecule has 0 aliphatic rings. The Morgan fingerprint density at radius 3 is 2.00 bits per heavy atom. The standard InChI is InChI=1S/C23H15F6N5.Pt/c1-21(2,17-9-5-11-20(32-17)34-13-12-19(33-34)23(27,28)29)16-8-3-6-14(30-16)15-7-4-10-18(31-15)22(24,25)26;/h3-6,8-12H,1-2H3;/q-2;+2. The van der Waals surface area contributed by atoms with Crippen LogP contribution >= 0.6 is 0 Å². The van der Waals surface area contributed by atoms with Crippen LogP contribution in [0.4, 0.5) is 26.3 Å². The van der Waals surface area contributed by atoms with Gasteiger partial charge in [-0.2, -0.15) is 38.5 Å². The predicted octanol–water partition coefficient (Wildman–Crippen LogP) is 5.69. The van der Waals surface area contributed by atoms with E-state index in [0.717, 1.165) is 22.9 Å². The van der Waals surface area contributed by atoms with Crippen LogP contribution < -0.4 is 0 Å². The number of rotatable bonds is 4. The molecule has 0 unspecified atom stereocenters. The maximum absolute atomic E-state index is 13.0. The van der Waals surface area contributed by atoms with Crippen LogP contribution in [0.5, 0.6) is 0 Å². The molecule has 4 aromatic heterocycles. The number of hydrogen-bond acceptors (Lipinski definition) is 4. The summed E-state index contributed by atoms with van der Waals surface area (Å²) in [7, 11) is 0. The van der Waals surface area contributed by atoms with E-state index < -0.39 is 29.2 Å². The Morgan fingerprint density at radius 2 is 1.37 bits per heavy atom. The van der Waals surface area contributed by atoms with Crippen LogP contribution in [0.1, 0.15) is 36.6 Å². The van der Waals surface area contributed by atoms with Gasteiger partial charge in [0.25, 0.3) is 0 Å². The van der Waals surface area contributed by atoms with Crippen LogP contribution in [0.2, 0.25) is 0 Å². The SMILES string of the molecule is CC(C)(c1cccc(-c2[c-]ccc(C(F)(F)F)n2)n1)c1cccc(-n2[c-]cc(C(F)(F)F)n2)n1.[Pt+2]. The maximum Gasteiger partial charge on any atom is 2.00 e. The largest absolute Gasteiger partial charge is 2.00 e. The van der Waals surface area contributed by atoms with E-state index in [-0.39, 0.29) is 38.3 Å². The average Bonchev–Trinajstić information content (AvgIpc) is 3.30. The molecule has 0 amide bonds. The summed E-state index contributed by atoms with van der Waals surface area (Å²) in [5, 5.41) is 3.48. The molecule has 4 rings (SSSR count). The van der Waals surface area contributed by atoms with Gasteiger partial charge < -0.3 is 9.67 Å². The first-order valence-electron chi connectivity index (χ1n) is 9.82. The van der Waals surface area contributed by atoms with Crippen molar-refractivity contribution in [3.63, 3.8) is 0 Å². The van der Waals surface area contributed by atoms with Crippen LogP contribution in [0.3, 0.4) is 0 Å². The summed E-state index contributed by atoms with van der Waals surface area (Å²) in [6, 6.07) is 14.9. The van der Waals surface area contributed by atoms with Crippen molar-refractivity contribution in [2.75, 3.05) is 0 Å². The second-order valence-electron chi connectivity index (χ2n) is 7.80. The molecule has 0 radical (unpaired) electrons. The zero-order chi connectivity index (χ0) is 24.7. The molecule has 35 heavy (non-hydrogen) atoms. The van der Waals surface area contributed by atoms with E-state index in [9.17, 15) is 26.3 Å². The van der Waals surface area contributed by atoms with Gasteiger partial charge in [0.05, 0.1) is 17.2 Å². The molecule has 0 atom stereocenters. The molecule has 4 heterocycles. The van der Waals surface area contributed by atoms with Crippen LogP contribution in [0.15, 0.2) is 54.6 Å². The van der Waals surface area contributed by atoms with Crippen molar-refractivity contribution in [1.29, 1.82) is 0 Å².